The van der Waals surface area contributed by atoms with Crippen LogP contribution in [0.4, 0.5) is 5.69 Å². The van der Waals surface area contributed by atoms with E-state index in [1.807, 2.05) is 25.1 Å². The van der Waals surface area contributed by atoms with E-state index in [1.54, 1.807) is 0 Å². The molecule has 0 radical (unpaired) electrons. The van der Waals surface area contributed by atoms with Crippen LogP contribution in [-0.2, 0) is 0 Å². The SMILES string of the molecule is CC#CCCNc1cc(Br)ccc1Br. The molecule has 0 spiro atoms. The lowest BCUT2D eigenvalue weighted by molar-refractivity contribution is 1.09. The summed E-state index contributed by atoms with van der Waals surface area (Å²) in [6, 6.07) is 6.06. The van der Waals surface area contributed by atoms with Crippen LogP contribution in [0.3, 0.4) is 0 Å². The highest BCUT2D eigenvalue weighted by molar-refractivity contribution is 9.11. The van der Waals surface area contributed by atoms with Crippen LogP contribution in [0.1, 0.15) is 13.3 Å². The van der Waals surface area contributed by atoms with Gasteiger partial charge in [0, 0.05) is 27.6 Å². The molecule has 0 saturated heterocycles. The fourth-order valence-electron chi connectivity index (χ4n) is 1.02. The zero-order valence-corrected chi connectivity index (χ0v) is 11.1. The second-order valence-electron chi connectivity index (χ2n) is 2.73. The minimum absolute atomic E-state index is 0.870. The van der Waals surface area contributed by atoms with Crippen molar-refractivity contribution < 1.29 is 0 Å². The van der Waals surface area contributed by atoms with Crippen LogP contribution in [-0.4, -0.2) is 6.54 Å². The summed E-state index contributed by atoms with van der Waals surface area (Å²) in [5, 5.41) is 3.31. The van der Waals surface area contributed by atoms with Gasteiger partial charge in [-0.3, -0.25) is 0 Å². The minimum Gasteiger partial charge on any atom is -0.383 e. The average molecular weight is 317 g/mol. The number of anilines is 1. The highest BCUT2D eigenvalue weighted by Gasteiger charge is 1.98. The number of benzene rings is 1. The maximum absolute atomic E-state index is 3.48. The second-order valence-corrected chi connectivity index (χ2v) is 4.50. The zero-order valence-electron chi connectivity index (χ0n) is 7.90. The molecule has 0 aliphatic rings. The molecule has 0 unspecified atom stereocenters. The van der Waals surface area contributed by atoms with Crippen molar-refractivity contribution in [3.8, 4) is 11.8 Å². The number of halogens is 2. The topological polar surface area (TPSA) is 12.0 Å². The Morgan fingerprint density at radius 2 is 2.14 bits per heavy atom. The summed E-state index contributed by atoms with van der Waals surface area (Å²) in [6.07, 6.45) is 0.870. The molecule has 0 aliphatic heterocycles. The van der Waals surface area contributed by atoms with Crippen molar-refractivity contribution in [1.29, 1.82) is 0 Å². The van der Waals surface area contributed by atoms with Crippen molar-refractivity contribution in [2.24, 2.45) is 0 Å². The summed E-state index contributed by atoms with van der Waals surface area (Å²) in [5.41, 5.74) is 1.09. The van der Waals surface area contributed by atoms with Crippen LogP contribution in [0.25, 0.3) is 0 Å². The molecule has 0 saturated carbocycles. The van der Waals surface area contributed by atoms with Gasteiger partial charge in [0.25, 0.3) is 0 Å². The van der Waals surface area contributed by atoms with E-state index >= 15 is 0 Å². The van der Waals surface area contributed by atoms with E-state index in [0.717, 1.165) is 27.6 Å². The first-order chi connectivity index (χ1) is 6.74. The van der Waals surface area contributed by atoms with Gasteiger partial charge in [-0.05, 0) is 41.1 Å². The Hall–Kier alpha value is -0.460. The highest BCUT2D eigenvalue weighted by Crippen LogP contribution is 2.25. The van der Waals surface area contributed by atoms with Crippen LogP contribution >= 0.6 is 31.9 Å². The first kappa shape index (κ1) is 11.6. The summed E-state index contributed by atoms with van der Waals surface area (Å²) in [7, 11) is 0. The fourth-order valence-corrected chi connectivity index (χ4v) is 1.77. The molecule has 0 fully saturated rings. The normalized spacial score (nSPS) is 9.07. The van der Waals surface area contributed by atoms with Crippen LogP contribution in [0.2, 0.25) is 0 Å². The summed E-state index contributed by atoms with van der Waals surface area (Å²) in [4.78, 5) is 0. The molecule has 1 aromatic carbocycles. The van der Waals surface area contributed by atoms with E-state index in [0.29, 0.717) is 0 Å². The van der Waals surface area contributed by atoms with E-state index in [9.17, 15) is 0 Å². The first-order valence-corrected chi connectivity index (χ1v) is 5.91. The molecule has 0 aromatic heterocycles. The van der Waals surface area contributed by atoms with Gasteiger partial charge in [-0.25, -0.2) is 0 Å². The number of rotatable bonds is 3. The van der Waals surface area contributed by atoms with Gasteiger partial charge >= 0.3 is 0 Å². The zero-order chi connectivity index (χ0) is 10.4. The predicted octanol–water partition coefficient (Wildman–Crippen LogP) is 4.04. The first-order valence-electron chi connectivity index (χ1n) is 4.32. The van der Waals surface area contributed by atoms with Gasteiger partial charge in [0.15, 0.2) is 0 Å². The Kier molecular flexibility index (Phi) is 5.06. The van der Waals surface area contributed by atoms with E-state index < -0.39 is 0 Å². The third kappa shape index (κ3) is 3.73. The van der Waals surface area contributed by atoms with Crippen molar-refractivity contribution >= 4 is 37.5 Å². The Bertz CT molecular complexity index is 363. The molecule has 1 nitrogen and oxygen atoms in total. The van der Waals surface area contributed by atoms with Crippen molar-refractivity contribution in [2.45, 2.75) is 13.3 Å². The van der Waals surface area contributed by atoms with Crippen LogP contribution in [0.15, 0.2) is 27.1 Å². The van der Waals surface area contributed by atoms with Crippen molar-refractivity contribution in [3.05, 3.63) is 27.1 Å². The van der Waals surface area contributed by atoms with Gasteiger partial charge in [-0.2, -0.15) is 0 Å². The molecule has 14 heavy (non-hydrogen) atoms. The van der Waals surface area contributed by atoms with Gasteiger partial charge < -0.3 is 5.32 Å². The Morgan fingerprint density at radius 3 is 2.86 bits per heavy atom. The number of hydrogen-bond donors (Lipinski definition) is 1. The molecule has 1 N–H and O–H groups in total. The average Bonchev–Trinajstić information content (AvgIpc) is 2.18. The quantitative estimate of drug-likeness (QED) is 0.655. The van der Waals surface area contributed by atoms with E-state index in [1.165, 1.54) is 0 Å². The molecule has 74 valence electrons. The highest BCUT2D eigenvalue weighted by atomic mass is 79.9. The lowest BCUT2D eigenvalue weighted by Crippen LogP contribution is -2.00. The third-order valence-electron chi connectivity index (χ3n) is 1.67. The molecule has 0 aliphatic carbocycles. The lowest BCUT2D eigenvalue weighted by Gasteiger charge is -2.06. The standard InChI is InChI=1S/C11H11Br2N/c1-2-3-4-7-14-11-8-9(12)5-6-10(11)13/h5-6,8,14H,4,7H2,1H3. The van der Waals surface area contributed by atoms with Crippen LogP contribution in [0, 0.1) is 11.8 Å². The predicted molar refractivity (Wildman–Crippen MR) is 68.4 cm³/mol. The Labute approximate surface area is 102 Å². The molecule has 0 heterocycles. The summed E-state index contributed by atoms with van der Waals surface area (Å²) in [5.74, 6) is 5.88. The van der Waals surface area contributed by atoms with Gasteiger partial charge in [-0.1, -0.05) is 15.9 Å². The minimum atomic E-state index is 0.870. The number of nitrogens with one attached hydrogen (secondary N) is 1. The molecule has 0 amide bonds. The number of hydrogen-bond acceptors (Lipinski definition) is 1. The van der Waals surface area contributed by atoms with Crippen molar-refractivity contribution in [3.63, 3.8) is 0 Å². The smallest absolute Gasteiger partial charge is 0.0496 e. The summed E-state index contributed by atoms with van der Waals surface area (Å²) < 4.78 is 2.15. The third-order valence-corrected chi connectivity index (χ3v) is 2.86. The summed E-state index contributed by atoms with van der Waals surface area (Å²) >= 11 is 6.91. The van der Waals surface area contributed by atoms with Gasteiger partial charge in [-0.15, -0.1) is 11.8 Å². The molecular formula is C11H11Br2N. The maximum atomic E-state index is 3.48. The molecular weight excluding hydrogens is 306 g/mol. The van der Waals surface area contributed by atoms with Crippen LogP contribution in [0.5, 0.6) is 0 Å². The van der Waals surface area contributed by atoms with Gasteiger partial charge in [0.05, 0.1) is 0 Å². The van der Waals surface area contributed by atoms with E-state index in [4.69, 9.17) is 0 Å². The summed E-state index contributed by atoms with van der Waals surface area (Å²) in [6.45, 7) is 2.73. The maximum Gasteiger partial charge on any atom is 0.0496 e. The molecule has 1 aromatic rings. The largest absolute Gasteiger partial charge is 0.383 e. The monoisotopic (exact) mass is 315 g/mol. The molecule has 0 bridgehead atoms. The molecule has 1 rings (SSSR count). The van der Waals surface area contributed by atoms with E-state index in [-0.39, 0.29) is 0 Å². The van der Waals surface area contributed by atoms with Gasteiger partial charge in [0.2, 0.25) is 0 Å². The Morgan fingerprint density at radius 1 is 1.36 bits per heavy atom. The Balaban J connectivity index is 2.56. The van der Waals surface area contributed by atoms with Gasteiger partial charge in [0.1, 0.15) is 0 Å². The second kappa shape index (κ2) is 6.10. The van der Waals surface area contributed by atoms with Crippen LogP contribution < -0.4 is 5.32 Å². The molecule has 3 heteroatoms. The van der Waals surface area contributed by atoms with Crippen molar-refractivity contribution in [1.82, 2.24) is 0 Å². The van der Waals surface area contributed by atoms with Crippen molar-refractivity contribution in [2.75, 3.05) is 11.9 Å². The lowest BCUT2D eigenvalue weighted by atomic mass is 10.3. The van der Waals surface area contributed by atoms with E-state index in [2.05, 4.69) is 49.0 Å². The fraction of sp³-hybridized carbons (Fsp3) is 0.273. The molecule has 0 atom stereocenters.